The molecule has 0 spiro atoms. The lowest BCUT2D eigenvalue weighted by Gasteiger charge is -2.42. The van der Waals surface area contributed by atoms with E-state index in [1.165, 1.54) is 21.3 Å². The van der Waals surface area contributed by atoms with Crippen LogP contribution in [-0.4, -0.2) is 85.4 Å². The molecule has 1 saturated carbocycles. The molecule has 318 valence electrons. The Morgan fingerprint density at radius 2 is 1.77 bits per heavy atom. The number of rotatable bonds is 9. The van der Waals surface area contributed by atoms with Crippen molar-refractivity contribution in [2.24, 2.45) is 13.0 Å². The third kappa shape index (κ3) is 7.86. The maximum Gasteiger partial charge on any atom is 0.433 e. The van der Waals surface area contributed by atoms with E-state index >= 15 is 4.39 Å². The second-order valence-corrected chi connectivity index (χ2v) is 16.0. The average Bonchev–Trinajstić information content (AvgIpc) is 3.74. The fraction of sp³-hybridized carbons (Fsp3) is 0.463. The van der Waals surface area contributed by atoms with Crippen molar-refractivity contribution in [2.45, 2.75) is 81.8 Å². The zero-order valence-electron chi connectivity index (χ0n) is 32.8. The number of imidazole rings is 1. The number of nitrogens with one attached hydrogen (secondary N) is 2. The summed E-state index contributed by atoms with van der Waals surface area (Å²) in [5.74, 6) is -1.67. The molecule has 3 aromatic heterocycles. The number of carbonyl (C=O) groups is 3. The zero-order valence-corrected chi connectivity index (χ0v) is 32.8. The number of imide groups is 1. The van der Waals surface area contributed by atoms with E-state index in [4.69, 9.17) is 0 Å². The van der Waals surface area contributed by atoms with Crippen LogP contribution in [0.25, 0.3) is 21.9 Å². The Morgan fingerprint density at radius 1 is 1.02 bits per heavy atom. The molecule has 2 saturated heterocycles. The van der Waals surface area contributed by atoms with Gasteiger partial charge in [-0.2, -0.15) is 18.3 Å². The van der Waals surface area contributed by atoms with Crippen LogP contribution < -0.4 is 21.2 Å². The van der Waals surface area contributed by atoms with E-state index in [0.717, 1.165) is 37.8 Å². The molecular weight excluding hydrogens is 796 g/mol. The first kappa shape index (κ1) is 41.0. The lowest BCUT2D eigenvalue weighted by Crippen LogP contribution is -2.52. The van der Waals surface area contributed by atoms with Gasteiger partial charge < -0.3 is 15.1 Å². The smallest absolute Gasteiger partial charge is 0.367 e. The molecule has 3 aliphatic rings. The predicted octanol–water partition coefficient (Wildman–Crippen LogP) is 6.55. The molecule has 2 aliphatic heterocycles. The van der Waals surface area contributed by atoms with Crippen LogP contribution in [-0.2, 0) is 22.8 Å². The molecule has 5 aromatic rings. The third-order valence-electron chi connectivity index (χ3n) is 12.2. The van der Waals surface area contributed by atoms with Crippen LogP contribution in [0.3, 0.4) is 0 Å². The largest absolute Gasteiger partial charge is 0.433 e. The molecule has 2 N–H and O–H groups in total. The van der Waals surface area contributed by atoms with E-state index in [0.29, 0.717) is 47.7 Å². The number of carbonyl (C=O) groups excluding carboxylic acids is 3. The molecule has 5 heterocycles. The number of alkyl halides is 6. The Hall–Kier alpha value is -5.72. The summed E-state index contributed by atoms with van der Waals surface area (Å²) >= 11 is 0. The molecule has 3 amide bonds. The molecule has 1 aliphatic carbocycles. The normalized spacial score (nSPS) is 22.9. The van der Waals surface area contributed by atoms with Gasteiger partial charge in [0.05, 0.1) is 40.5 Å². The van der Waals surface area contributed by atoms with E-state index in [1.807, 2.05) is 18.0 Å². The van der Waals surface area contributed by atoms with Crippen LogP contribution in [0.4, 0.5) is 37.7 Å². The number of anilines is 2. The highest BCUT2D eigenvalue weighted by Crippen LogP contribution is 2.38. The van der Waals surface area contributed by atoms with E-state index < -0.39 is 53.6 Å². The second kappa shape index (κ2) is 16.0. The van der Waals surface area contributed by atoms with Gasteiger partial charge in [-0.25, -0.2) is 22.9 Å². The summed E-state index contributed by atoms with van der Waals surface area (Å²) in [6.45, 7) is 1.35. The molecule has 19 heteroatoms. The monoisotopic (exact) mass is 839 g/mol. The Labute approximate surface area is 339 Å². The third-order valence-corrected chi connectivity index (χ3v) is 12.2. The predicted molar refractivity (Wildman–Crippen MR) is 210 cm³/mol. The van der Waals surface area contributed by atoms with Crippen molar-refractivity contribution in [3.8, 4) is 0 Å². The number of piperidine rings is 2. The van der Waals surface area contributed by atoms with Crippen LogP contribution in [0.2, 0.25) is 0 Å². The number of fused-ring (bicyclic) bond motifs is 2. The molecule has 60 heavy (non-hydrogen) atoms. The van der Waals surface area contributed by atoms with Crippen molar-refractivity contribution in [1.29, 1.82) is 0 Å². The van der Waals surface area contributed by atoms with Crippen LogP contribution in [0.1, 0.15) is 85.2 Å². The van der Waals surface area contributed by atoms with Crippen molar-refractivity contribution in [3.63, 3.8) is 0 Å². The molecule has 3 unspecified atom stereocenters. The number of nitrogens with zero attached hydrogens (tertiary/aromatic N) is 7. The van der Waals surface area contributed by atoms with E-state index in [1.54, 1.807) is 30.1 Å². The SMILES string of the molecule is CN(C[C@H]1CC[C@H](n2cc3cc(NC(=O)c4cccc(C(F)(F)F)n4)c(C(F)F)cc3n2)CC1)C1CCN(c2cccc3c2n(C)c(=O)n3C2CCC(=O)NC2=O)CC1F. The lowest BCUT2D eigenvalue weighted by molar-refractivity contribution is -0.141. The summed E-state index contributed by atoms with van der Waals surface area (Å²) in [5.41, 5.74) is -0.885. The van der Waals surface area contributed by atoms with Crippen LogP contribution in [0, 0.1) is 5.92 Å². The number of pyridine rings is 1. The van der Waals surface area contributed by atoms with Crippen LogP contribution >= 0.6 is 0 Å². The fourth-order valence-corrected chi connectivity index (χ4v) is 9.13. The van der Waals surface area contributed by atoms with Crippen LogP contribution in [0.5, 0.6) is 0 Å². The molecule has 8 rings (SSSR count). The van der Waals surface area contributed by atoms with Crippen LogP contribution in [0.15, 0.2) is 59.5 Å². The van der Waals surface area contributed by atoms with Crippen molar-refractivity contribution >= 4 is 51.0 Å². The minimum atomic E-state index is -4.79. The molecule has 3 atom stereocenters. The number of aromatic nitrogens is 5. The van der Waals surface area contributed by atoms with Gasteiger partial charge in [-0.05, 0) is 87.9 Å². The van der Waals surface area contributed by atoms with Gasteiger partial charge in [0.2, 0.25) is 11.8 Å². The van der Waals surface area contributed by atoms with Gasteiger partial charge in [0, 0.05) is 49.7 Å². The number of hydrogen-bond donors (Lipinski definition) is 2. The Morgan fingerprint density at radius 3 is 2.47 bits per heavy atom. The van der Waals surface area contributed by atoms with Crippen molar-refractivity contribution in [3.05, 3.63) is 82.2 Å². The van der Waals surface area contributed by atoms with Gasteiger partial charge in [0.25, 0.3) is 12.3 Å². The van der Waals surface area contributed by atoms with Gasteiger partial charge in [-0.1, -0.05) is 12.1 Å². The molecule has 0 radical (unpaired) electrons. The van der Waals surface area contributed by atoms with Gasteiger partial charge in [-0.3, -0.25) is 33.5 Å². The fourth-order valence-electron chi connectivity index (χ4n) is 9.13. The van der Waals surface area contributed by atoms with Crippen molar-refractivity contribution in [1.82, 2.24) is 34.1 Å². The Kier molecular flexibility index (Phi) is 11.0. The Balaban J connectivity index is 0.890. The van der Waals surface area contributed by atoms with Crippen molar-refractivity contribution in [2.75, 3.05) is 36.9 Å². The first-order valence-electron chi connectivity index (χ1n) is 19.9. The first-order valence-corrected chi connectivity index (χ1v) is 19.9. The minimum absolute atomic E-state index is 0.0259. The molecule has 2 aromatic carbocycles. The molecule has 13 nitrogen and oxygen atoms in total. The number of amides is 3. The van der Waals surface area contributed by atoms with E-state index in [-0.39, 0.29) is 60.2 Å². The summed E-state index contributed by atoms with van der Waals surface area (Å²) < 4.78 is 88.5. The standard InChI is InChI=1S/C41H43F6N9O4/c1-52(30-15-16-54(21-26(30)42)31-6-4-7-32-36(31)53(2)40(60)56(32)33-13-14-35(57)50-39(33)59)19-22-9-11-24(12-10-22)55-20-23-17-29(25(37(43)44)18-28(23)51-55)49-38(58)27-5-3-8-34(48-27)41(45,46)47/h3-8,17-18,20,22,24,26,30,33,37H,9-16,19,21H2,1-2H3,(H,49,58)(H,50,57,59)/t22-,24-,26?,30?,33?. The summed E-state index contributed by atoms with van der Waals surface area (Å²) in [6, 6.07) is 9.53. The highest BCUT2D eigenvalue weighted by molar-refractivity contribution is 6.04. The number of aryl methyl sites for hydroxylation is 1. The second-order valence-electron chi connectivity index (χ2n) is 16.0. The summed E-state index contributed by atoms with van der Waals surface area (Å²) in [5, 5.41) is 9.67. The Bertz CT molecular complexity index is 2530. The zero-order chi connectivity index (χ0) is 42.6. The average molecular weight is 840 g/mol. The van der Waals surface area contributed by atoms with Gasteiger partial charge in [-0.15, -0.1) is 0 Å². The highest BCUT2D eigenvalue weighted by atomic mass is 19.4. The number of benzene rings is 2. The van der Waals surface area contributed by atoms with E-state index in [9.17, 15) is 41.1 Å². The quantitative estimate of drug-likeness (QED) is 0.126. The maximum absolute atomic E-state index is 16.1. The van der Waals surface area contributed by atoms with Gasteiger partial charge >= 0.3 is 11.9 Å². The molecule has 3 fully saturated rings. The van der Waals surface area contributed by atoms with E-state index in [2.05, 4.69) is 25.6 Å². The molecular formula is C41H43F6N9O4. The highest BCUT2D eigenvalue weighted by Gasteiger charge is 2.37. The topological polar surface area (TPSA) is 139 Å². The summed E-state index contributed by atoms with van der Waals surface area (Å²) in [6.07, 6.45) is -3.22. The number of para-hydroxylation sites is 1. The summed E-state index contributed by atoms with van der Waals surface area (Å²) in [7, 11) is 3.56. The maximum atomic E-state index is 16.1. The minimum Gasteiger partial charge on any atom is -0.367 e. The van der Waals surface area contributed by atoms with Gasteiger partial charge in [0.1, 0.15) is 23.6 Å². The number of hydrogen-bond acceptors (Lipinski definition) is 8. The molecule has 0 bridgehead atoms. The van der Waals surface area contributed by atoms with Crippen molar-refractivity contribution < 1.29 is 40.7 Å². The number of halogens is 6. The lowest BCUT2D eigenvalue weighted by atomic mass is 9.85. The summed E-state index contributed by atoms with van der Waals surface area (Å²) in [4.78, 5) is 58.1. The first-order chi connectivity index (χ1) is 28.6. The van der Waals surface area contributed by atoms with Gasteiger partial charge in [0.15, 0.2) is 0 Å².